The second kappa shape index (κ2) is 6.51. The molecular formula is C18H13ClN4O2S. The van der Waals surface area contributed by atoms with Gasteiger partial charge in [0.05, 0.1) is 27.4 Å². The zero-order valence-electron chi connectivity index (χ0n) is 13.7. The van der Waals surface area contributed by atoms with Crippen LogP contribution in [0.25, 0.3) is 21.1 Å². The second-order valence-corrected chi connectivity index (χ2v) is 7.30. The van der Waals surface area contributed by atoms with E-state index in [4.69, 9.17) is 11.6 Å². The van der Waals surface area contributed by atoms with Gasteiger partial charge in [-0.25, -0.2) is 9.97 Å². The first-order valence-corrected chi connectivity index (χ1v) is 9.01. The van der Waals surface area contributed by atoms with Crippen LogP contribution in [0.4, 0.5) is 5.13 Å². The minimum atomic E-state index is -0.342. The van der Waals surface area contributed by atoms with Crippen LogP contribution < -0.4 is 10.9 Å². The van der Waals surface area contributed by atoms with Crippen molar-refractivity contribution in [3.8, 4) is 0 Å². The Labute approximate surface area is 157 Å². The predicted molar refractivity (Wildman–Crippen MR) is 104 cm³/mol. The number of aryl methyl sites for hydroxylation is 1. The van der Waals surface area contributed by atoms with E-state index in [0.29, 0.717) is 21.1 Å². The van der Waals surface area contributed by atoms with Crippen LogP contribution in [-0.4, -0.2) is 20.4 Å². The fourth-order valence-electron chi connectivity index (χ4n) is 2.72. The molecule has 0 unspecified atom stereocenters. The van der Waals surface area contributed by atoms with E-state index in [9.17, 15) is 9.59 Å². The van der Waals surface area contributed by atoms with E-state index in [2.05, 4.69) is 15.3 Å². The van der Waals surface area contributed by atoms with Gasteiger partial charge in [0, 0.05) is 5.02 Å². The van der Waals surface area contributed by atoms with Crippen LogP contribution >= 0.6 is 22.9 Å². The van der Waals surface area contributed by atoms with Crippen molar-refractivity contribution in [1.82, 2.24) is 14.5 Å². The number of rotatable bonds is 3. The quantitative estimate of drug-likeness (QED) is 0.585. The number of hydrogen-bond donors (Lipinski definition) is 1. The molecule has 6 nitrogen and oxygen atoms in total. The summed E-state index contributed by atoms with van der Waals surface area (Å²) in [7, 11) is 0. The topological polar surface area (TPSA) is 76.9 Å². The molecular weight excluding hydrogens is 372 g/mol. The van der Waals surface area contributed by atoms with Gasteiger partial charge in [0.25, 0.3) is 5.56 Å². The third kappa shape index (κ3) is 3.07. The lowest BCUT2D eigenvalue weighted by Gasteiger charge is -2.07. The molecule has 1 amide bonds. The highest BCUT2D eigenvalue weighted by Crippen LogP contribution is 2.28. The summed E-state index contributed by atoms with van der Waals surface area (Å²) < 4.78 is 2.18. The smallest absolute Gasteiger partial charge is 0.261 e. The Bertz CT molecular complexity index is 1210. The zero-order valence-corrected chi connectivity index (χ0v) is 15.3. The molecule has 0 aliphatic rings. The van der Waals surface area contributed by atoms with Crippen molar-refractivity contribution in [2.75, 3.05) is 5.32 Å². The number of hydrogen-bond acceptors (Lipinski definition) is 5. The van der Waals surface area contributed by atoms with Gasteiger partial charge in [-0.1, -0.05) is 35.1 Å². The molecule has 0 fully saturated rings. The van der Waals surface area contributed by atoms with Crippen LogP contribution in [-0.2, 0) is 11.3 Å². The van der Waals surface area contributed by atoms with Crippen LogP contribution in [0.15, 0.2) is 47.5 Å². The molecule has 0 spiro atoms. The van der Waals surface area contributed by atoms with E-state index in [1.807, 2.05) is 13.0 Å². The van der Waals surface area contributed by atoms with E-state index in [-0.39, 0.29) is 18.0 Å². The SMILES string of the molecule is Cc1cccc2c(=O)n(CC(=O)Nc3nc4ccc(Cl)cc4s3)cnc12. The number of nitrogens with zero attached hydrogens (tertiary/aromatic N) is 3. The van der Waals surface area contributed by atoms with Gasteiger partial charge in [-0.3, -0.25) is 14.2 Å². The van der Waals surface area contributed by atoms with Gasteiger partial charge in [0.15, 0.2) is 5.13 Å². The molecule has 2 aromatic heterocycles. The van der Waals surface area contributed by atoms with Crippen molar-refractivity contribution in [3.63, 3.8) is 0 Å². The Balaban J connectivity index is 1.58. The molecule has 0 bridgehead atoms. The summed E-state index contributed by atoms with van der Waals surface area (Å²) in [5, 5.41) is 4.30. The second-order valence-electron chi connectivity index (χ2n) is 5.83. The number of fused-ring (bicyclic) bond motifs is 2. The van der Waals surface area contributed by atoms with E-state index in [0.717, 1.165) is 15.8 Å². The third-order valence-electron chi connectivity index (χ3n) is 3.97. The van der Waals surface area contributed by atoms with Crippen molar-refractivity contribution in [2.45, 2.75) is 13.5 Å². The number of nitrogens with one attached hydrogen (secondary N) is 1. The van der Waals surface area contributed by atoms with Gasteiger partial charge >= 0.3 is 0 Å². The first-order chi connectivity index (χ1) is 12.5. The molecule has 0 aliphatic heterocycles. The van der Waals surface area contributed by atoms with Gasteiger partial charge < -0.3 is 5.32 Å². The van der Waals surface area contributed by atoms with Crippen LogP contribution in [0.5, 0.6) is 0 Å². The Hall–Kier alpha value is -2.77. The number of carbonyl (C=O) groups is 1. The van der Waals surface area contributed by atoms with Crippen LogP contribution in [0, 0.1) is 6.92 Å². The Morgan fingerprint density at radius 3 is 3.00 bits per heavy atom. The molecule has 26 heavy (non-hydrogen) atoms. The van der Waals surface area contributed by atoms with Gasteiger partial charge in [-0.2, -0.15) is 0 Å². The Kier molecular flexibility index (Phi) is 4.18. The molecule has 8 heteroatoms. The standard InChI is InChI=1S/C18H13ClN4O2S/c1-10-3-2-4-12-16(10)20-9-23(17(12)25)8-15(24)22-18-21-13-6-5-11(19)7-14(13)26-18/h2-7,9H,8H2,1H3,(H,21,22,24). The highest BCUT2D eigenvalue weighted by molar-refractivity contribution is 7.22. The van der Waals surface area contributed by atoms with Gasteiger partial charge in [0.1, 0.15) is 6.54 Å². The maximum absolute atomic E-state index is 12.6. The molecule has 2 heterocycles. The average molecular weight is 385 g/mol. The number of carbonyl (C=O) groups excluding carboxylic acids is 1. The van der Waals surface area contributed by atoms with Gasteiger partial charge in [0.2, 0.25) is 5.91 Å². The Morgan fingerprint density at radius 2 is 2.15 bits per heavy atom. The summed E-state index contributed by atoms with van der Waals surface area (Å²) in [6, 6.07) is 10.7. The highest BCUT2D eigenvalue weighted by Gasteiger charge is 2.12. The fourth-order valence-corrected chi connectivity index (χ4v) is 3.87. The summed E-state index contributed by atoms with van der Waals surface area (Å²) in [5.41, 5.74) is 2.08. The molecule has 4 rings (SSSR count). The van der Waals surface area contributed by atoms with Gasteiger partial charge in [-0.15, -0.1) is 0 Å². The molecule has 0 atom stereocenters. The average Bonchev–Trinajstić information content (AvgIpc) is 2.99. The Morgan fingerprint density at radius 1 is 1.31 bits per heavy atom. The van der Waals surface area contributed by atoms with Crippen LogP contribution in [0.2, 0.25) is 5.02 Å². The molecule has 4 aromatic rings. The van der Waals surface area contributed by atoms with Crippen LogP contribution in [0.3, 0.4) is 0 Å². The largest absolute Gasteiger partial charge is 0.300 e. The summed E-state index contributed by atoms with van der Waals surface area (Å²) in [5.74, 6) is -0.342. The van der Waals surface area contributed by atoms with Crippen molar-refractivity contribution in [3.05, 3.63) is 63.7 Å². The number of para-hydroxylation sites is 1. The van der Waals surface area contributed by atoms with Crippen molar-refractivity contribution >= 4 is 55.1 Å². The maximum atomic E-state index is 12.6. The van der Waals surface area contributed by atoms with Crippen LogP contribution in [0.1, 0.15) is 5.56 Å². The van der Waals surface area contributed by atoms with Crippen molar-refractivity contribution < 1.29 is 4.79 Å². The van der Waals surface area contributed by atoms with E-state index in [1.165, 1.54) is 22.2 Å². The van der Waals surface area contributed by atoms with Gasteiger partial charge in [-0.05, 0) is 36.8 Å². The number of thiazole rings is 1. The molecule has 130 valence electrons. The zero-order chi connectivity index (χ0) is 18.3. The lowest BCUT2D eigenvalue weighted by molar-refractivity contribution is -0.116. The first-order valence-electron chi connectivity index (χ1n) is 7.82. The minimum Gasteiger partial charge on any atom is -0.300 e. The number of halogens is 1. The summed E-state index contributed by atoms with van der Waals surface area (Å²) in [6.45, 7) is 1.76. The third-order valence-corrected chi connectivity index (χ3v) is 5.13. The van der Waals surface area contributed by atoms with E-state index in [1.54, 1.807) is 30.3 Å². The summed E-state index contributed by atoms with van der Waals surface area (Å²) >= 11 is 7.29. The van der Waals surface area contributed by atoms with E-state index >= 15 is 0 Å². The van der Waals surface area contributed by atoms with Crippen molar-refractivity contribution in [2.24, 2.45) is 0 Å². The highest BCUT2D eigenvalue weighted by atomic mass is 35.5. The maximum Gasteiger partial charge on any atom is 0.261 e. The minimum absolute atomic E-state index is 0.133. The molecule has 0 radical (unpaired) electrons. The first kappa shape index (κ1) is 16.7. The molecule has 0 saturated heterocycles. The summed E-state index contributed by atoms with van der Waals surface area (Å²) in [6.07, 6.45) is 1.40. The molecule has 1 N–H and O–H groups in total. The molecule has 0 saturated carbocycles. The number of anilines is 1. The van der Waals surface area contributed by atoms with Crippen molar-refractivity contribution in [1.29, 1.82) is 0 Å². The monoisotopic (exact) mass is 384 g/mol. The molecule has 0 aliphatic carbocycles. The van der Waals surface area contributed by atoms with E-state index < -0.39 is 0 Å². The summed E-state index contributed by atoms with van der Waals surface area (Å²) in [4.78, 5) is 33.5. The normalized spacial score (nSPS) is 11.2. The number of benzene rings is 2. The predicted octanol–water partition coefficient (Wildman–Crippen LogP) is 3.61. The lowest BCUT2D eigenvalue weighted by atomic mass is 10.1. The number of amides is 1. The number of aromatic nitrogens is 3. The fraction of sp³-hybridized carbons (Fsp3) is 0.111. The lowest BCUT2D eigenvalue weighted by Crippen LogP contribution is -2.28. The molecule has 2 aromatic carbocycles.